The van der Waals surface area contributed by atoms with Crippen molar-refractivity contribution in [1.82, 2.24) is 5.32 Å². The molecule has 3 heteroatoms. The molecule has 0 aromatic heterocycles. The fourth-order valence-corrected chi connectivity index (χ4v) is 3.34. The first-order valence-electron chi connectivity index (χ1n) is 6.78. The molecule has 2 saturated carbocycles. The lowest BCUT2D eigenvalue weighted by atomic mass is 9.96. The largest absolute Gasteiger partial charge is 0.445 e. The summed E-state index contributed by atoms with van der Waals surface area (Å²) in [6.07, 6.45) is 4.79. The van der Waals surface area contributed by atoms with Gasteiger partial charge in [-0.3, -0.25) is 0 Å². The van der Waals surface area contributed by atoms with Crippen LogP contribution in [0, 0.1) is 11.8 Å². The molecule has 2 aliphatic carbocycles. The molecule has 3 rings (SSSR count). The number of hydrogen-bond donors (Lipinski definition) is 1. The van der Waals surface area contributed by atoms with Crippen LogP contribution in [0.1, 0.15) is 31.2 Å². The first kappa shape index (κ1) is 11.6. The van der Waals surface area contributed by atoms with E-state index < -0.39 is 0 Å². The van der Waals surface area contributed by atoms with Gasteiger partial charge in [0.15, 0.2) is 0 Å². The van der Waals surface area contributed by atoms with Gasteiger partial charge in [0.25, 0.3) is 0 Å². The first-order valence-corrected chi connectivity index (χ1v) is 6.78. The van der Waals surface area contributed by atoms with Crippen LogP contribution in [0.15, 0.2) is 30.3 Å². The van der Waals surface area contributed by atoms with E-state index in [9.17, 15) is 4.79 Å². The Labute approximate surface area is 108 Å². The van der Waals surface area contributed by atoms with E-state index in [2.05, 4.69) is 5.32 Å². The smallest absolute Gasteiger partial charge is 0.407 e. The van der Waals surface area contributed by atoms with Gasteiger partial charge in [-0.1, -0.05) is 36.8 Å². The molecule has 1 aromatic carbocycles. The predicted octanol–water partition coefficient (Wildman–Crippen LogP) is 3.10. The lowest BCUT2D eigenvalue weighted by molar-refractivity contribution is 0.131. The van der Waals surface area contributed by atoms with E-state index in [0.717, 1.165) is 17.9 Å². The summed E-state index contributed by atoms with van der Waals surface area (Å²) in [5.74, 6) is 1.54. The third-order valence-electron chi connectivity index (χ3n) is 4.25. The Kier molecular flexibility index (Phi) is 3.22. The zero-order chi connectivity index (χ0) is 12.4. The zero-order valence-corrected chi connectivity index (χ0v) is 10.5. The second-order valence-electron chi connectivity index (χ2n) is 5.49. The normalized spacial score (nSPS) is 29.2. The number of nitrogens with one attached hydrogen (secondary N) is 1. The quantitative estimate of drug-likeness (QED) is 0.888. The highest BCUT2D eigenvalue weighted by Gasteiger charge is 2.40. The van der Waals surface area contributed by atoms with E-state index in [-0.39, 0.29) is 6.09 Å². The molecule has 18 heavy (non-hydrogen) atoms. The number of carbonyl (C=O) groups is 1. The van der Waals surface area contributed by atoms with Gasteiger partial charge in [-0.15, -0.1) is 0 Å². The van der Waals surface area contributed by atoms with Crippen LogP contribution < -0.4 is 5.32 Å². The van der Waals surface area contributed by atoms with Gasteiger partial charge < -0.3 is 10.1 Å². The van der Waals surface area contributed by atoms with Crippen molar-refractivity contribution in [3.63, 3.8) is 0 Å². The summed E-state index contributed by atoms with van der Waals surface area (Å²) in [7, 11) is 0. The number of hydrogen-bond acceptors (Lipinski definition) is 2. The number of benzene rings is 1. The Hall–Kier alpha value is -1.51. The van der Waals surface area contributed by atoms with E-state index in [0.29, 0.717) is 18.6 Å². The third-order valence-corrected chi connectivity index (χ3v) is 4.25. The maximum Gasteiger partial charge on any atom is 0.407 e. The average Bonchev–Trinajstić information content (AvgIpc) is 3.00. The number of fused-ring (bicyclic) bond motifs is 2. The molecule has 0 heterocycles. The van der Waals surface area contributed by atoms with Crippen LogP contribution in [0.5, 0.6) is 0 Å². The number of carbonyl (C=O) groups excluding carboxylic acids is 1. The van der Waals surface area contributed by atoms with Crippen molar-refractivity contribution < 1.29 is 9.53 Å². The molecule has 3 atom stereocenters. The minimum atomic E-state index is -0.267. The van der Waals surface area contributed by atoms with Crippen LogP contribution >= 0.6 is 0 Å². The topological polar surface area (TPSA) is 38.3 Å². The number of amides is 1. The van der Waals surface area contributed by atoms with E-state index in [1.54, 1.807) is 0 Å². The molecule has 1 aromatic rings. The standard InChI is InChI=1S/C15H19NO2/c17-15(18-10-11-4-2-1-3-5-11)16-14-9-12-6-7-13(14)8-12/h1-5,12-14H,6-10H2,(H,16,17)/t12-,13+,14+/m1/s1. The highest BCUT2D eigenvalue weighted by atomic mass is 16.5. The molecule has 0 aliphatic heterocycles. The summed E-state index contributed by atoms with van der Waals surface area (Å²) in [5.41, 5.74) is 1.03. The highest BCUT2D eigenvalue weighted by molar-refractivity contribution is 5.67. The molecular weight excluding hydrogens is 226 g/mol. The molecule has 0 spiro atoms. The first-order chi connectivity index (χ1) is 8.81. The Morgan fingerprint density at radius 3 is 2.72 bits per heavy atom. The molecule has 2 aliphatic rings. The van der Waals surface area contributed by atoms with Crippen molar-refractivity contribution in [3.8, 4) is 0 Å². The van der Waals surface area contributed by atoms with E-state index >= 15 is 0 Å². The molecule has 3 nitrogen and oxygen atoms in total. The van der Waals surface area contributed by atoms with Crippen LogP contribution in [-0.2, 0) is 11.3 Å². The van der Waals surface area contributed by atoms with Gasteiger partial charge in [0, 0.05) is 6.04 Å². The monoisotopic (exact) mass is 245 g/mol. The van der Waals surface area contributed by atoms with Gasteiger partial charge in [-0.25, -0.2) is 4.79 Å². The number of ether oxygens (including phenoxy) is 1. The van der Waals surface area contributed by atoms with Crippen molar-refractivity contribution in [3.05, 3.63) is 35.9 Å². The van der Waals surface area contributed by atoms with Crippen molar-refractivity contribution >= 4 is 6.09 Å². The minimum absolute atomic E-state index is 0.267. The van der Waals surface area contributed by atoms with Crippen LogP contribution in [0.2, 0.25) is 0 Å². The molecular formula is C15H19NO2. The second kappa shape index (κ2) is 5.01. The van der Waals surface area contributed by atoms with Crippen LogP contribution in [-0.4, -0.2) is 12.1 Å². The van der Waals surface area contributed by atoms with Gasteiger partial charge in [-0.05, 0) is 36.7 Å². The molecule has 1 amide bonds. The molecule has 96 valence electrons. The summed E-state index contributed by atoms with van der Waals surface area (Å²) in [5, 5.41) is 3.02. The number of alkyl carbamates (subject to hydrolysis) is 1. The molecule has 0 radical (unpaired) electrons. The summed E-state index contributed by atoms with van der Waals surface area (Å²) in [6, 6.07) is 10.1. The molecule has 0 saturated heterocycles. The Morgan fingerprint density at radius 1 is 1.22 bits per heavy atom. The molecule has 1 N–H and O–H groups in total. The van der Waals surface area contributed by atoms with E-state index in [4.69, 9.17) is 4.74 Å². The molecule has 2 fully saturated rings. The predicted molar refractivity (Wildman–Crippen MR) is 69.0 cm³/mol. The Balaban J connectivity index is 1.45. The molecule has 2 bridgehead atoms. The van der Waals surface area contributed by atoms with Crippen molar-refractivity contribution in [1.29, 1.82) is 0 Å². The lowest BCUT2D eigenvalue weighted by Crippen LogP contribution is -2.38. The van der Waals surface area contributed by atoms with Crippen molar-refractivity contribution in [2.24, 2.45) is 11.8 Å². The van der Waals surface area contributed by atoms with Gasteiger partial charge >= 0.3 is 6.09 Å². The lowest BCUT2D eigenvalue weighted by Gasteiger charge is -2.22. The summed E-state index contributed by atoms with van der Waals surface area (Å²) >= 11 is 0. The minimum Gasteiger partial charge on any atom is -0.445 e. The zero-order valence-electron chi connectivity index (χ0n) is 10.5. The number of rotatable bonds is 3. The van der Waals surface area contributed by atoms with Crippen molar-refractivity contribution in [2.75, 3.05) is 0 Å². The SMILES string of the molecule is O=C(N[C@H]1C[C@@H]2CC[C@H]1C2)OCc1ccccc1. The summed E-state index contributed by atoms with van der Waals surface area (Å²) in [4.78, 5) is 11.7. The van der Waals surface area contributed by atoms with Gasteiger partial charge in [0.05, 0.1) is 0 Å². The third kappa shape index (κ3) is 2.50. The maximum atomic E-state index is 11.7. The van der Waals surface area contributed by atoms with E-state index in [1.165, 1.54) is 19.3 Å². The van der Waals surface area contributed by atoms with Gasteiger partial charge in [0.1, 0.15) is 6.61 Å². The summed E-state index contributed by atoms with van der Waals surface area (Å²) in [6.45, 7) is 0.355. The van der Waals surface area contributed by atoms with E-state index in [1.807, 2.05) is 30.3 Å². The summed E-state index contributed by atoms with van der Waals surface area (Å²) < 4.78 is 5.25. The fourth-order valence-electron chi connectivity index (χ4n) is 3.34. The van der Waals surface area contributed by atoms with Crippen LogP contribution in [0.3, 0.4) is 0 Å². The Bertz CT molecular complexity index is 418. The second-order valence-corrected chi connectivity index (χ2v) is 5.49. The molecule has 0 unspecified atom stereocenters. The van der Waals surface area contributed by atoms with Crippen LogP contribution in [0.4, 0.5) is 4.79 Å². The average molecular weight is 245 g/mol. The van der Waals surface area contributed by atoms with Gasteiger partial charge in [0.2, 0.25) is 0 Å². The maximum absolute atomic E-state index is 11.7. The van der Waals surface area contributed by atoms with Crippen LogP contribution in [0.25, 0.3) is 0 Å². The van der Waals surface area contributed by atoms with Gasteiger partial charge in [-0.2, -0.15) is 0 Å². The highest BCUT2D eigenvalue weighted by Crippen LogP contribution is 2.44. The Morgan fingerprint density at radius 2 is 2.06 bits per heavy atom. The fraction of sp³-hybridized carbons (Fsp3) is 0.533. The van der Waals surface area contributed by atoms with Crippen molar-refractivity contribution in [2.45, 2.75) is 38.3 Å².